The Labute approximate surface area is 127 Å². The van der Waals surface area contributed by atoms with Crippen LogP contribution in [0.5, 0.6) is 0 Å². The molecule has 4 heteroatoms. The van der Waals surface area contributed by atoms with E-state index < -0.39 is 5.54 Å². The topological polar surface area (TPSA) is 39.1 Å². The Hall–Kier alpha value is -1.60. The van der Waals surface area contributed by atoms with Crippen LogP contribution in [0, 0.1) is 17.1 Å². The van der Waals surface area contributed by atoms with Crippen LogP contribution < -0.4 is 10.2 Å². The van der Waals surface area contributed by atoms with Crippen molar-refractivity contribution in [1.82, 2.24) is 5.32 Å². The summed E-state index contributed by atoms with van der Waals surface area (Å²) in [5, 5.41) is 12.6. The molecular weight excluding hydrogens is 265 g/mol. The third kappa shape index (κ3) is 5.35. The highest BCUT2D eigenvalue weighted by atomic mass is 19.1. The summed E-state index contributed by atoms with van der Waals surface area (Å²) in [6.45, 7) is 8.39. The minimum atomic E-state index is -0.495. The van der Waals surface area contributed by atoms with E-state index in [0.717, 1.165) is 38.9 Å². The monoisotopic (exact) mass is 291 g/mol. The number of rotatable bonds is 9. The summed E-state index contributed by atoms with van der Waals surface area (Å²) in [6.07, 6.45) is 2.62. The predicted molar refractivity (Wildman–Crippen MR) is 85.8 cm³/mol. The van der Waals surface area contributed by atoms with Crippen molar-refractivity contribution in [1.29, 1.82) is 5.26 Å². The average molecular weight is 291 g/mol. The first-order chi connectivity index (χ1) is 10.1. The SMILES string of the molecule is CCCNC(C)(C#N)CCCN(CC)c1ccccc1F. The number of hydrogen-bond donors (Lipinski definition) is 1. The van der Waals surface area contributed by atoms with Gasteiger partial charge in [-0.2, -0.15) is 5.26 Å². The van der Waals surface area contributed by atoms with Crippen LogP contribution in [0.1, 0.15) is 40.0 Å². The van der Waals surface area contributed by atoms with Gasteiger partial charge in [-0.3, -0.25) is 5.32 Å². The van der Waals surface area contributed by atoms with Gasteiger partial charge in [0, 0.05) is 13.1 Å². The Kier molecular flexibility index (Phi) is 7.18. The van der Waals surface area contributed by atoms with Gasteiger partial charge in [0.25, 0.3) is 0 Å². The highest BCUT2D eigenvalue weighted by Gasteiger charge is 2.22. The maximum Gasteiger partial charge on any atom is 0.146 e. The molecule has 0 spiro atoms. The van der Waals surface area contributed by atoms with Gasteiger partial charge >= 0.3 is 0 Å². The van der Waals surface area contributed by atoms with Gasteiger partial charge in [-0.1, -0.05) is 19.1 Å². The summed E-state index contributed by atoms with van der Waals surface area (Å²) < 4.78 is 13.8. The average Bonchev–Trinajstić information content (AvgIpc) is 2.50. The molecule has 0 saturated heterocycles. The minimum absolute atomic E-state index is 0.188. The van der Waals surface area contributed by atoms with Crippen LogP contribution in [0.15, 0.2) is 24.3 Å². The molecule has 1 rings (SSSR count). The Bertz CT molecular complexity index is 469. The number of halogens is 1. The Balaban J connectivity index is 2.56. The number of benzene rings is 1. The number of para-hydroxylation sites is 1. The van der Waals surface area contributed by atoms with E-state index in [1.807, 2.05) is 24.8 Å². The minimum Gasteiger partial charge on any atom is -0.369 e. The number of nitrogens with one attached hydrogen (secondary N) is 1. The van der Waals surface area contributed by atoms with Crippen LogP contribution in [0.3, 0.4) is 0 Å². The Morgan fingerprint density at radius 2 is 2.05 bits per heavy atom. The molecular formula is C17H26FN3. The zero-order chi connectivity index (χ0) is 15.7. The molecule has 1 N–H and O–H groups in total. The van der Waals surface area contributed by atoms with Crippen LogP contribution in [0.25, 0.3) is 0 Å². The van der Waals surface area contributed by atoms with Gasteiger partial charge in [0.1, 0.15) is 11.4 Å². The van der Waals surface area contributed by atoms with Crippen molar-refractivity contribution >= 4 is 5.69 Å². The van der Waals surface area contributed by atoms with E-state index in [1.165, 1.54) is 6.07 Å². The summed E-state index contributed by atoms with van der Waals surface area (Å²) in [4.78, 5) is 2.02. The molecule has 0 aromatic heterocycles. The Morgan fingerprint density at radius 1 is 1.33 bits per heavy atom. The van der Waals surface area contributed by atoms with E-state index in [-0.39, 0.29) is 5.82 Å². The first-order valence-corrected chi connectivity index (χ1v) is 7.72. The summed E-state index contributed by atoms with van der Waals surface area (Å²) >= 11 is 0. The zero-order valence-electron chi connectivity index (χ0n) is 13.3. The van der Waals surface area contributed by atoms with Crippen molar-refractivity contribution < 1.29 is 4.39 Å². The first-order valence-electron chi connectivity index (χ1n) is 7.72. The second-order valence-electron chi connectivity index (χ2n) is 5.51. The normalized spacial score (nSPS) is 13.5. The highest BCUT2D eigenvalue weighted by molar-refractivity contribution is 5.47. The third-order valence-corrected chi connectivity index (χ3v) is 3.69. The maximum atomic E-state index is 13.8. The second-order valence-corrected chi connectivity index (χ2v) is 5.51. The van der Waals surface area contributed by atoms with Crippen LogP contribution in [-0.4, -0.2) is 25.2 Å². The summed E-state index contributed by atoms with van der Waals surface area (Å²) in [5.74, 6) is -0.188. The van der Waals surface area contributed by atoms with E-state index in [9.17, 15) is 9.65 Å². The fourth-order valence-electron chi connectivity index (χ4n) is 2.37. The molecule has 0 saturated carbocycles. The van der Waals surface area contributed by atoms with Crippen LogP contribution in [0.4, 0.5) is 10.1 Å². The molecule has 116 valence electrons. The first kappa shape index (κ1) is 17.5. The van der Waals surface area contributed by atoms with Gasteiger partial charge in [-0.15, -0.1) is 0 Å². The van der Waals surface area contributed by atoms with Crippen molar-refractivity contribution in [3.05, 3.63) is 30.1 Å². The van der Waals surface area contributed by atoms with Gasteiger partial charge in [-0.05, 0) is 51.8 Å². The number of anilines is 1. The zero-order valence-corrected chi connectivity index (χ0v) is 13.3. The molecule has 21 heavy (non-hydrogen) atoms. The molecule has 0 radical (unpaired) electrons. The molecule has 1 unspecified atom stereocenters. The molecule has 0 aliphatic heterocycles. The molecule has 3 nitrogen and oxygen atoms in total. The van der Waals surface area contributed by atoms with E-state index in [0.29, 0.717) is 5.69 Å². The lowest BCUT2D eigenvalue weighted by atomic mass is 9.97. The number of nitriles is 1. The summed E-state index contributed by atoms with van der Waals surface area (Å²) in [5.41, 5.74) is 0.144. The molecule has 0 aliphatic rings. The van der Waals surface area contributed by atoms with Crippen molar-refractivity contribution in [2.45, 2.75) is 45.6 Å². The van der Waals surface area contributed by atoms with Crippen LogP contribution in [0.2, 0.25) is 0 Å². The lowest BCUT2D eigenvalue weighted by Gasteiger charge is -2.27. The van der Waals surface area contributed by atoms with Gasteiger partial charge in [0.15, 0.2) is 0 Å². The third-order valence-electron chi connectivity index (χ3n) is 3.69. The second kappa shape index (κ2) is 8.63. The lowest BCUT2D eigenvalue weighted by Crippen LogP contribution is -2.42. The lowest BCUT2D eigenvalue weighted by molar-refractivity contribution is 0.407. The summed E-state index contributed by atoms with van der Waals surface area (Å²) in [7, 11) is 0. The molecule has 0 bridgehead atoms. The number of nitrogens with zero attached hydrogens (tertiary/aromatic N) is 2. The quantitative estimate of drug-likeness (QED) is 0.754. The van der Waals surface area contributed by atoms with Crippen molar-refractivity contribution in [2.24, 2.45) is 0 Å². The molecule has 1 atom stereocenters. The largest absolute Gasteiger partial charge is 0.369 e. The van der Waals surface area contributed by atoms with Crippen LogP contribution >= 0.6 is 0 Å². The molecule has 0 fully saturated rings. The molecule has 0 amide bonds. The van der Waals surface area contributed by atoms with Crippen LogP contribution in [-0.2, 0) is 0 Å². The van der Waals surface area contributed by atoms with E-state index in [1.54, 1.807) is 12.1 Å². The van der Waals surface area contributed by atoms with E-state index >= 15 is 0 Å². The van der Waals surface area contributed by atoms with E-state index in [4.69, 9.17) is 0 Å². The van der Waals surface area contributed by atoms with Crippen molar-refractivity contribution in [3.63, 3.8) is 0 Å². The Morgan fingerprint density at radius 3 is 2.62 bits per heavy atom. The highest BCUT2D eigenvalue weighted by Crippen LogP contribution is 2.20. The van der Waals surface area contributed by atoms with Gasteiger partial charge < -0.3 is 4.90 Å². The van der Waals surface area contributed by atoms with Crippen molar-refractivity contribution in [2.75, 3.05) is 24.5 Å². The standard InChI is InChI=1S/C17H26FN3/c1-4-12-20-17(3,14-19)11-8-13-21(5-2)16-10-7-6-9-15(16)18/h6-7,9-10,20H,4-5,8,11-13H2,1-3H3. The fraction of sp³-hybridized carbons (Fsp3) is 0.588. The number of hydrogen-bond acceptors (Lipinski definition) is 3. The predicted octanol–water partition coefficient (Wildman–Crippen LogP) is 3.71. The smallest absolute Gasteiger partial charge is 0.146 e. The molecule has 0 aliphatic carbocycles. The van der Waals surface area contributed by atoms with Gasteiger partial charge in [0.2, 0.25) is 0 Å². The maximum absolute atomic E-state index is 13.8. The fourth-order valence-corrected chi connectivity index (χ4v) is 2.37. The summed E-state index contributed by atoms with van der Waals surface area (Å²) in [6, 6.07) is 9.19. The molecule has 1 aromatic carbocycles. The molecule has 1 aromatic rings. The molecule has 0 heterocycles. The van der Waals surface area contributed by atoms with Crippen molar-refractivity contribution in [3.8, 4) is 6.07 Å². The van der Waals surface area contributed by atoms with E-state index in [2.05, 4.69) is 18.3 Å². The van der Waals surface area contributed by atoms with Gasteiger partial charge in [0.05, 0.1) is 11.8 Å². The van der Waals surface area contributed by atoms with Gasteiger partial charge in [-0.25, -0.2) is 4.39 Å².